The van der Waals surface area contributed by atoms with E-state index >= 15 is 0 Å². The maximum absolute atomic E-state index is 1.50. The van der Waals surface area contributed by atoms with Gasteiger partial charge in [-0.1, -0.05) is 19.1 Å². The van der Waals surface area contributed by atoms with E-state index in [0.717, 1.165) is 0 Å². The van der Waals surface area contributed by atoms with Gasteiger partial charge in [-0.25, -0.2) is 0 Å². The minimum absolute atomic E-state index is 1.50. The normalized spacial score (nSPS) is 20.0. The standard InChI is InChI=1S/C3H9B3/c1-2-4-6-5-3-1/h4-6H,1-3H2. The smallest absolute Gasteiger partial charge is 0.0783 e. The maximum atomic E-state index is 1.50. The highest BCUT2D eigenvalue weighted by Crippen LogP contribution is 1.98. The summed E-state index contributed by atoms with van der Waals surface area (Å²) in [6.45, 7) is 0. The van der Waals surface area contributed by atoms with Crippen LogP contribution < -0.4 is 0 Å². The van der Waals surface area contributed by atoms with Gasteiger partial charge in [0.05, 0.1) is 21.4 Å². The van der Waals surface area contributed by atoms with Crippen molar-refractivity contribution in [2.45, 2.75) is 19.1 Å². The van der Waals surface area contributed by atoms with E-state index in [1.54, 1.807) is 0 Å². The van der Waals surface area contributed by atoms with Crippen LogP contribution >= 0.6 is 0 Å². The van der Waals surface area contributed by atoms with Gasteiger partial charge in [0.1, 0.15) is 0 Å². The van der Waals surface area contributed by atoms with E-state index < -0.39 is 0 Å². The first-order valence-electron chi connectivity index (χ1n) is 3.00. The Labute approximate surface area is 41.4 Å². The molecule has 0 nitrogen and oxygen atoms in total. The van der Waals surface area contributed by atoms with Crippen molar-refractivity contribution in [3.8, 4) is 0 Å². The van der Waals surface area contributed by atoms with Crippen molar-refractivity contribution in [3.63, 3.8) is 0 Å². The SMILES string of the molecule is B1BCCCB1. The van der Waals surface area contributed by atoms with Gasteiger partial charge in [-0.15, -0.1) is 0 Å². The lowest BCUT2D eigenvalue weighted by Crippen LogP contribution is -2.16. The van der Waals surface area contributed by atoms with Gasteiger partial charge < -0.3 is 0 Å². The highest BCUT2D eigenvalue weighted by atomic mass is 13.7. The highest BCUT2D eigenvalue weighted by Gasteiger charge is 2.00. The third-order valence-corrected chi connectivity index (χ3v) is 1.50. The molecular weight excluding hydrogens is 68.5 g/mol. The van der Waals surface area contributed by atoms with Gasteiger partial charge in [-0.3, -0.25) is 0 Å². The molecule has 1 aliphatic rings. The fourth-order valence-corrected chi connectivity index (χ4v) is 1.06. The van der Waals surface area contributed by atoms with Gasteiger partial charge >= 0.3 is 0 Å². The van der Waals surface area contributed by atoms with Crippen LogP contribution in [0.5, 0.6) is 0 Å². The number of rotatable bonds is 0. The first kappa shape index (κ1) is 4.36. The van der Waals surface area contributed by atoms with Crippen molar-refractivity contribution in [3.05, 3.63) is 0 Å². The Balaban J connectivity index is 2.00. The molecule has 0 radical (unpaired) electrons. The Morgan fingerprint density at radius 3 is 1.83 bits per heavy atom. The van der Waals surface area contributed by atoms with Gasteiger partial charge in [-0.05, 0) is 0 Å². The van der Waals surface area contributed by atoms with Crippen LogP contribution in [0.1, 0.15) is 6.42 Å². The molecule has 3 heteroatoms. The summed E-state index contributed by atoms with van der Waals surface area (Å²) in [6.07, 6.45) is 4.50. The Kier molecular flexibility index (Phi) is 1.73. The molecule has 1 saturated heterocycles. The van der Waals surface area contributed by atoms with Crippen LogP contribution in [0.15, 0.2) is 0 Å². The van der Waals surface area contributed by atoms with Crippen LogP contribution in [0.25, 0.3) is 0 Å². The van der Waals surface area contributed by atoms with E-state index in [4.69, 9.17) is 0 Å². The zero-order chi connectivity index (χ0) is 4.24. The Morgan fingerprint density at radius 1 is 1.00 bits per heavy atom. The summed E-state index contributed by atoms with van der Waals surface area (Å²) in [5.74, 6) is 0. The molecule has 0 aromatic heterocycles. The van der Waals surface area contributed by atoms with Gasteiger partial charge in [0.25, 0.3) is 0 Å². The van der Waals surface area contributed by atoms with Crippen LogP contribution in [-0.2, 0) is 0 Å². The van der Waals surface area contributed by atoms with Crippen molar-refractivity contribution in [1.82, 2.24) is 0 Å². The Bertz CT molecular complexity index is 21.5. The molecule has 30 valence electrons. The minimum Gasteiger partial charge on any atom is -0.0860 e. The molecule has 0 aromatic rings. The summed E-state index contributed by atoms with van der Waals surface area (Å²) in [7, 11) is 4.50. The molecular formula is C3H9B3. The van der Waals surface area contributed by atoms with E-state index in [1.807, 2.05) is 0 Å². The zero-order valence-corrected chi connectivity index (χ0v) is 4.24. The second kappa shape index (κ2) is 2.38. The quantitative estimate of drug-likeness (QED) is 0.338. The molecule has 1 aliphatic heterocycles. The average molecular weight is 77.5 g/mol. The lowest BCUT2D eigenvalue weighted by atomic mass is 9.15. The van der Waals surface area contributed by atoms with E-state index in [-0.39, 0.29) is 0 Å². The third kappa shape index (κ3) is 1.12. The van der Waals surface area contributed by atoms with Crippen molar-refractivity contribution in [2.75, 3.05) is 0 Å². The molecule has 1 heterocycles. The van der Waals surface area contributed by atoms with Crippen LogP contribution in [0.2, 0.25) is 12.6 Å². The van der Waals surface area contributed by atoms with Gasteiger partial charge in [-0.2, -0.15) is 0 Å². The summed E-state index contributed by atoms with van der Waals surface area (Å²) >= 11 is 0. The molecule has 0 spiro atoms. The second-order valence-electron chi connectivity index (χ2n) is 2.12. The first-order chi connectivity index (χ1) is 3.00. The van der Waals surface area contributed by atoms with E-state index in [1.165, 1.54) is 40.5 Å². The zero-order valence-electron chi connectivity index (χ0n) is 4.24. The van der Waals surface area contributed by atoms with Crippen molar-refractivity contribution in [2.24, 2.45) is 0 Å². The lowest BCUT2D eigenvalue weighted by molar-refractivity contribution is 1.07. The van der Waals surface area contributed by atoms with Crippen molar-refractivity contribution >= 4 is 21.4 Å². The average Bonchev–Trinajstić information content (AvgIpc) is 1.72. The van der Waals surface area contributed by atoms with Crippen LogP contribution in [0.4, 0.5) is 0 Å². The highest BCUT2D eigenvalue weighted by molar-refractivity contribution is 7.29. The maximum Gasteiger partial charge on any atom is 0.0783 e. The monoisotopic (exact) mass is 78.1 g/mol. The Hall–Kier alpha value is 0.195. The molecule has 0 N–H and O–H groups in total. The number of hydrogen-bond acceptors (Lipinski definition) is 0. The summed E-state index contributed by atoms with van der Waals surface area (Å²) in [5.41, 5.74) is 0. The van der Waals surface area contributed by atoms with Gasteiger partial charge in [0.15, 0.2) is 0 Å². The van der Waals surface area contributed by atoms with Crippen molar-refractivity contribution < 1.29 is 0 Å². The van der Waals surface area contributed by atoms with Gasteiger partial charge in [0, 0.05) is 0 Å². The number of hydrogen-bond donors (Lipinski definition) is 0. The Morgan fingerprint density at radius 2 is 1.67 bits per heavy atom. The molecule has 0 aliphatic carbocycles. The summed E-state index contributed by atoms with van der Waals surface area (Å²) in [4.78, 5) is 0. The van der Waals surface area contributed by atoms with Crippen LogP contribution in [0, 0.1) is 0 Å². The molecule has 0 amide bonds. The fraction of sp³-hybridized carbons (Fsp3) is 1.00. The third-order valence-electron chi connectivity index (χ3n) is 1.50. The largest absolute Gasteiger partial charge is 0.0860 e. The predicted octanol–water partition coefficient (Wildman–Crippen LogP) is -0.634. The molecule has 0 aromatic carbocycles. The summed E-state index contributed by atoms with van der Waals surface area (Å²) < 4.78 is 0. The molecule has 6 heavy (non-hydrogen) atoms. The molecule has 0 atom stereocenters. The first-order valence-corrected chi connectivity index (χ1v) is 3.00. The van der Waals surface area contributed by atoms with Crippen LogP contribution in [-0.4, -0.2) is 21.4 Å². The second-order valence-corrected chi connectivity index (χ2v) is 2.12. The minimum atomic E-state index is 1.50. The summed E-state index contributed by atoms with van der Waals surface area (Å²) in [5, 5.41) is 0. The predicted molar refractivity (Wildman–Crippen MR) is 35.7 cm³/mol. The molecule has 1 rings (SSSR count). The van der Waals surface area contributed by atoms with Crippen LogP contribution in [0.3, 0.4) is 0 Å². The molecule has 0 bridgehead atoms. The molecule has 0 saturated carbocycles. The molecule has 0 unspecified atom stereocenters. The fourth-order valence-electron chi connectivity index (χ4n) is 1.06. The lowest BCUT2D eigenvalue weighted by Gasteiger charge is -2.01. The van der Waals surface area contributed by atoms with Crippen molar-refractivity contribution in [1.29, 1.82) is 0 Å². The molecule has 1 fully saturated rings. The van der Waals surface area contributed by atoms with E-state index in [0.29, 0.717) is 0 Å². The summed E-state index contributed by atoms with van der Waals surface area (Å²) in [6, 6.07) is 0. The van der Waals surface area contributed by atoms with Gasteiger partial charge in [0.2, 0.25) is 0 Å². The van der Waals surface area contributed by atoms with E-state index in [2.05, 4.69) is 0 Å². The topological polar surface area (TPSA) is 0 Å². The van der Waals surface area contributed by atoms with E-state index in [9.17, 15) is 0 Å².